The lowest BCUT2D eigenvalue weighted by Gasteiger charge is -2.47. The molecule has 2 heteroatoms. The highest BCUT2D eigenvalue weighted by atomic mass is 15.2. The number of hydrogen-bond donors (Lipinski definition) is 1. The van der Waals surface area contributed by atoms with E-state index in [1.165, 1.54) is 32.2 Å². The summed E-state index contributed by atoms with van der Waals surface area (Å²) < 4.78 is 0. The Morgan fingerprint density at radius 3 is 2.50 bits per heavy atom. The van der Waals surface area contributed by atoms with Crippen molar-refractivity contribution in [2.75, 3.05) is 13.6 Å². The molecule has 2 aliphatic rings. The zero-order valence-corrected chi connectivity index (χ0v) is 12.9. The van der Waals surface area contributed by atoms with Crippen LogP contribution < -0.4 is 5.32 Å². The Labute approximate surface area is 114 Å². The Morgan fingerprint density at radius 1 is 1.17 bits per heavy atom. The van der Waals surface area contributed by atoms with E-state index in [4.69, 9.17) is 0 Å². The van der Waals surface area contributed by atoms with Crippen molar-refractivity contribution < 1.29 is 0 Å². The molecule has 0 aromatic carbocycles. The van der Waals surface area contributed by atoms with Gasteiger partial charge in [-0.15, -0.1) is 0 Å². The molecular weight excluding hydrogens is 220 g/mol. The molecular formula is C16H32N2. The van der Waals surface area contributed by atoms with Crippen LogP contribution in [0.1, 0.15) is 53.4 Å². The van der Waals surface area contributed by atoms with Gasteiger partial charge in [-0.2, -0.15) is 0 Å². The first-order chi connectivity index (χ1) is 8.54. The third-order valence-corrected chi connectivity index (χ3v) is 5.29. The fraction of sp³-hybridized carbons (Fsp3) is 1.00. The Kier molecular flexibility index (Phi) is 4.71. The van der Waals surface area contributed by atoms with Crippen molar-refractivity contribution in [2.24, 2.45) is 17.8 Å². The number of rotatable bonds is 3. The average Bonchev–Trinajstić information content (AvgIpc) is 2.76. The zero-order chi connectivity index (χ0) is 13.3. The summed E-state index contributed by atoms with van der Waals surface area (Å²) in [7, 11) is 2.16. The van der Waals surface area contributed by atoms with Gasteiger partial charge in [-0.1, -0.05) is 27.7 Å². The highest BCUT2D eigenvalue weighted by molar-refractivity contribution is 4.98. The fourth-order valence-electron chi connectivity index (χ4n) is 4.59. The van der Waals surface area contributed by atoms with Crippen LogP contribution in [0.5, 0.6) is 0 Å². The van der Waals surface area contributed by atoms with Crippen LogP contribution in [0.3, 0.4) is 0 Å². The summed E-state index contributed by atoms with van der Waals surface area (Å²) >= 11 is 0. The lowest BCUT2D eigenvalue weighted by molar-refractivity contribution is 0.0416. The standard InChI is InChI=1S/C16H32N2/c1-11(2)15-7-6-8-18(15)16-13(4)9-12(3)10-14(16)17-5/h11-17H,6-10H2,1-5H3. The van der Waals surface area contributed by atoms with Gasteiger partial charge in [0.25, 0.3) is 0 Å². The maximum atomic E-state index is 3.61. The van der Waals surface area contributed by atoms with Gasteiger partial charge in [0.15, 0.2) is 0 Å². The van der Waals surface area contributed by atoms with Gasteiger partial charge in [0.2, 0.25) is 0 Å². The van der Waals surface area contributed by atoms with Crippen molar-refractivity contribution in [2.45, 2.75) is 71.5 Å². The van der Waals surface area contributed by atoms with Crippen molar-refractivity contribution >= 4 is 0 Å². The van der Waals surface area contributed by atoms with E-state index in [-0.39, 0.29) is 0 Å². The molecule has 18 heavy (non-hydrogen) atoms. The van der Waals surface area contributed by atoms with E-state index in [1.807, 2.05) is 0 Å². The largest absolute Gasteiger partial charge is 0.315 e. The molecule has 1 N–H and O–H groups in total. The highest BCUT2D eigenvalue weighted by Gasteiger charge is 2.41. The summed E-state index contributed by atoms with van der Waals surface area (Å²) in [5.41, 5.74) is 0. The van der Waals surface area contributed by atoms with Crippen LogP contribution in [0.2, 0.25) is 0 Å². The van der Waals surface area contributed by atoms with Crippen molar-refractivity contribution in [1.29, 1.82) is 0 Å². The molecule has 1 aliphatic heterocycles. The molecule has 5 atom stereocenters. The predicted octanol–water partition coefficient (Wildman–Crippen LogP) is 3.13. The molecule has 5 unspecified atom stereocenters. The van der Waals surface area contributed by atoms with Crippen molar-refractivity contribution in [3.8, 4) is 0 Å². The van der Waals surface area contributed by atoms with E-state index in [2.05, 4.69) is 45.0 Å². The summed E-state index contributed by atoms with van der Waals surface area (Å²) in [4.78, 5) is 2.85. The number of likely N-dealkylation sites (N-methyl/N-ethyl adjacent to an activating group) is 1. The zero-order valence-electron chi connectivity index (χ0n) is 12.9. The summed E-state index contributed by atoms with van der Waals surface area (Å²) in [6.45, 7) is 11.0. The normalized spacial score (nSPS) is 42.7. The van der Waals surface area contributed by atoms with Gasteiger partial charge in [0.1, 0.15) is 0 Å². The monoisotopic (exact) mass is 252 g/mol. The number of likely N-dealkylation sites (tertiary alicyclic amines) is 1. The molecule has 1 aliphatic carbocycles. The van der Waals surface area contributed by atoms with Crippen LogP contribution in [0.15, 0.2) is 0 Å². The van der Waals surface area contributed by atoms with E-state index in [9.17, 15) is 0 Å². The van der Waals surface area contributed by atoms with E-state index >= 15 is 0 Å². The van der Waals surface area contributed by atoms with Crippen LogP contribution in [0.4, 0.5) is 0 Å². The molecule has 0 aromatic rings. The Hall–Kier alpha value is -0.0800. The quantitative estimate of drug-likeness (QED) is 0.830. The maximum absolute atomic E-state index is 3.61. The second-order valence-corrected chi connectivity index (χ2v) is 7.13. The topological polar surface area (TPSA) is 15.3 Å². The molecule has 1 saturated carbocycles. The summed E-state index contributed by atoms with van der Waals surface area (Å²) in [5.74, 6) is 2.52. The second kappa shape index (κ2) is 5.92. The summed E-state index contributed by atoms with van der Waals surface area (Å²) in [5, 5.41) is 3.61. The average molecular weight is 252 g/mol. The summed E-state index contributed by atoms with van der Waals surface area (Å²) in [6, 6.07) is 2.28. The number of nitrogens with one attached hydrogen (secondary N) is 1. The number of nitrogens with zero attached hydrogens (tertiary/aromatic N) is 1. The van der Waals surface area contributed by atoms with Crippen LogP contribution in [-0.4, -0.2) is 36.6 Å². The molecule has 2 nitrogen and oxygen atoms in total. The molecule has 2 fully saturated rings. The SMILES string of the molecule is CNC1CC(C)CC(C)C1N1CCCC1C(C)C. The molecule has 0 bridgehead atoms. The number of hydrogen-bond acceptors (Lipinski definition) is 2. The smallest absolute Gasteiger partial charge is 0.0278 e. The minimum atomic E-state index is 0.697. The molecule has 0 spiro atoms. The Balaban J connectivity index is 2.13. The third kappa shape index (κ3) is 2.75. The van der Waals surface area contributed by atoms with Crippen molar-refractivity contribution in [3.63, 3.8) is 0 Å². The second-order valence-electron chi connectivity index (χ2n) is 7.13. The van der Waals surface area contributed by atoms with Gasteiger partial charge < -0.3 is 5.32 Å². The fourth-order valence-corrected chi connectivity index (χ4v) is 4.59. The predicted molar refractivity (Wildman–Crippen MR) is 78.8 cm³/mol. The van der Waals surface area contributed by atoms with Gasteiger partial charge in [-0.3, -0.25) is 4.90 Å². The first-order valence-electron chi connectivity index (χ1n) is 7.97. The third-order valence-electron chi connectivity index (χ3n) is 5.29. The van der Waals surface area contributed by atoms with Crippen molar-refractivity contribution in [3.05, 3.63) is 0 Å². The van der Waals surface area contributed by atoms with Crippen LogP contribution in [0.25, 0.3) is 0 Å². The lowest BCUT2D eigenvalue weighted by Crippen LogP contribution is -2.57. The van der Waals surface area contributed by atoms with Gasteiger partial charge in [0, 0.05) is 18.1 Å². The minimum absolute atomic E-state index is 0.697. The van der Waals surface area contributed by atoms with Gasteiger partial charge in [-0.25, -0.2) is 0 Å². The van der Waals surface area contributed by atoms with E-state index < -0.39 is 0 Å². The molecule has 2 rings (SSSR count). The molecule has 0 amide bonds. The van der Waals surface area contributed by atoms with Crippen LogP contribution in [-0.2, 0) is 0 Å². The summed E-state index contributed by atoms with van der Waals surface area (Å²) in [6.07, 6.45) is 5.57. The maximum Gasteiger partial charge on any atom is 0.0278 e. The Bertz CT molecular complexity index is 264. The first-order valence-corrected chi connectivity index (χ1v) is 7.97. The molecule has 106 valence electrons. The lowest BCUT2D eigenvalue weighted by atomic mass is 9.75. The van der Waals surface area contributed by atoms with E-state index in [0.29, 0.717) is 6.04 Å². The van der Waals surface area contributed by atoms with Gasteiger partial charge in [0.05, 0.1) is 0 Å². The van der Waals surface area contributed by atoms with E-state index in [1.54, 1.807) is 0 Å². The first kappa shape index (κ1) is 14.3. The molecule has 0 aromatic heterocycles. The van der Waals surface area contributed by atoms with Gasteiger partial charge in [-0.05, 0) is 57.0 Å². The highest BCUT2D eigenvalue weighted by Crippen LogP contribution is 2.37. The van der Waals surface area contributed by atoms with Crippen molar-refractivity contribution in [1.82, 2.24) is 10.2 Å². The van der Waals surface area contributed by atoms with E-state index in [0.717, 1.165) is 29.8 Å². The minimum Gasteiger partial charge on any atom is -0.315 e. The molecule has 1 saturated heterocycles. The Morgan fingerprint density at radius 2 is 1.89 bits per heavy atom. The molecule has 1 heterocycles. The van der Waals surface area contributed by atoms with Crippen LogP contribution in [0, 0.1) is 17.8 Å². The van der Waals surface area contributed by atoms with Crippen LogP contribution >= 0.6 is 0 Å². The van der Waals surface area contributed by atoms with Gasteiger partial charge >= 0.3 is 0 Å². The molecule has 0 radical (unpaired) electrons.